The Bertz CT molecular complexity index is 584. The molecule has 21 heavy (non-hydrogen) atoms. The van der Waals surface area contributed by atoms with Crippen LogP contribution in [0.4, 0.5) is 0 Å². The van der Waals surface area contributed by atoms with Gasteiger partial charge in [-0.25, -0.2) is 9.97 Å². The van der Waals surface area contributed by atoms with Gasteiger partial charge in [-0.1, -0.05) is 13.0 Å². The zero-order chi connectivity index (χ0) is 15.2. The third-order valence-corrected chi connectivity index (χ3v) is 3.61. The zero-order valence-corrected chi connectivity index (χ0v) is 13.2. The average molecular weight is 285 g/mol. The number of aromatic nitrogens is 2. The highest BCUT2D eigenvalue weighted by Crippen LogP contribution is 2.29. The third-order valence-electron chi connectivity index (χ3n) is 3.61. The molecule has 0 spiro atoms. The van der Waals surface area contributed by atoms with Crippen LogP contribution >= 0.6 is 0 Å². The quantitative estimate of drug-likeness (QED) is 0.885. The molecule has 0 aliphatic heterocycles. The molecule has 0 amide bonds. The summed E-state index contributed by atoms with van der Waals surface area (Å²) in [6.07, 6.45) is 6.39. The van der Waals surface area contributed by atoms with Gasteiger partial charge in [0.2, 0.25) is 0 Å². The molecule has 4 nitrogen and oxygen atoms in total. The van der Waals surface area contributed by atoms with E-state index in [-0.39, 0.29) is 6.04 Å². The van der Waals surface area contributed by atoms with Gasteiger partial charge >= 0.3 is 0 Å². The second-order valence-electron chi connectivity index (χ2n) is 5.24. The van der Waals surface area contributed by atoms with Gasteiger partial charge in [-0.3, -0.25) is 0 Å². The molecule has 2 aromatic rings. The van der Waals surface area contributed by atoms with Crippen LogP contribution in [0.25, 0.3) is 0 Å². The minimum Gasteiger partial charge on any atom is -0.496 e. The van der Waals surface area contributed by atoms with Crippen LogP contribution in [0.15, 0.2) is 30.9 Å². The summed E-state index contributed by atoms with van der Waals surface area (Å²) >= 11 is 0. The molecular formula is C17H23N3O. The van der Waals surface area contributed by atoms with Crippen molar-refractivity contribution < 1.29 is 4.74 Å². The Balaban J connectivity index is 2.44. The lowest BCUT2D eigenvalue weighted by Gasteiger charge is -2.22. The number of hydrogen-bond acceptors (Lipinski definition) is 4. The van der Waals surface area contributed by atoms with Gasteiger partial charge in [0.25, 0.3) is 0 Å². The molecule has 1 heterocycles. The molecule has 0 radical (unpaired) electrons. The van der Waals surface area contributed by atoms with E-state index in [1.54, 1.807) is 13.4 Å². The van der Waals surface area contributed by atoms with Crippen molar-refractivity contribution >= 4 is 0 Å². The number of rotatable bonds is 6. The molecule has 0 aliphatic carbocycles. The minimum atomic E-state index is 0.107. The van der Waals surface area contributed by atoms with Crippen LogP contribution in [0.2, 0.25) is 0 Å². The van der Waals surface area contributed by atoms with Gasteiger partial charge in [-0.2, -0.15) is 0 Å². The molecule has 0 saturated carbocycles. The first kappa shape index (κ1) is 15.4. The van der Waals surface area contributed by atoms with Gasteiger partial charge in [0.15, 0.2) is 0 Å². The highest BCUT2D eigenvalue weighted by Gasteiger charge is 2.17. The van der Waals surface area contributed by atoms with Crippen molar-refractivity contribution in [3.05, 3.63) is 53.1 Å². The standard InChI is InChI=1S/C17H23N3O/c1-5-6-20-17(14-9-18-11-19-10-14)15-7-13(3)16(21-4)8-12(15)2/h7-11,17,20H,5-6H2,1-4H3. The molecule has 2 rings (SSSR count). The van der Waals surface area contributed by atoms with E-state index in [0.29, 0.717) is 0 Å². The number of nitrogens with zero attached hydrogens (tertiary/aromatic N) is 2. The molecule has 0 saturated heterocycles. The maximum Gasteiger partial charge on any atom is 0.122 e. The third kappa shape index (κ3) is 3.58. The van der Waals surface area contributed by atoms with Crippen molar-refractivity contribution in [1.82, 2.24) is 15.3 Å². The fraction of sp³-hybridized carbons (Fsp3) is 0.412. The van der Waals surface area contributed by atoms with Crippen molar-refractivity contribution in [2.24, 2.45) is 0 Å². The topological polar surface area (TPSA) is 47.0 Å². The molecule has 1 atom stereocenters. The summed E-state index contributed by atoms with van der Waals surface area (Å²) in [5.41, 5.74) is 4.67. The summed E-state index contributed by atoms with van der Waals surface area (Å²) in [5.74, 6) is 0.926. The lowest BCUT2D eigenvalue weighted by Crippen LogP contribution is -2.24. The van der Waals surface area contributed by atoms with E-state index in [0.717, 1.165) is 29.8 Å². The Kier molecular flexibility index (Phi) is 5.28. The van der Waals surface area contributed by atoms with Gasteiger partial charge in [-0.05, 0) is 49.6 Å². The van der Waals surface area contributed by atoms with Crippen LogP contribution < -0.4 is 10.1 Å². The van der Waals surface area contributed by atoms with Gasteiger partial charge in [0.1, 0.15) is 12.1 Å². The Morgan fingerprint density at radius 2 is 1.86 bits per heavy atom. The van der Waals surface area contributed by atoms with E-state index < -0.39 is 0 Å². The lowest BCUT2D eigenvalue weighted by atomic mass is 9.94. The van der Waals surface area contributed by atoms with Gasteiger partial charge < -0.3 is 10.1 Å². The highest BCUT2D eigenvalue weighted by molar-refractivity contribution is 5.45. The first-order valence-corrected chi connectivity index (χ1v) is 7.30. The highest BCUT2D eigenvalue weighted by atomic mass is 16.5. The largest absolute Gasteiger partial charge is 0.496 e. The second-order valence-corrected chi connectivity index (χ2v) is 5.24. The summed E-state index contributed by atoms with van der Waals surface area (Å²) in [6, 6.07) is 4.39. The van der Waals surface area contributed by atoms with Crippen molar-refractivity contribution in [3.63, 3.8) is 0 Å². The smallest absolute Gasteiger partial charge is 0.122 e. The van der Waals surface area contributed by atoms with Crippen molar-refractivity contribution in [1.29, 1.82) is 0 Å². The van der Waals surface area contributed by atoms with Crippen LogP contribution in [-0.2, 0) is 0 Å². The van der Waals surface area contributed by atoms with Crippen LogP contribution in [0.1, 0.15) is 41.6 Å². The fourth-order valence-corrected chi connectivity index (χ4v) is 2.50. The Labute approximate surface area is 126 Å². The van der Waals surface area contributed by atoms with Crippen LogP contribution in [0, 0.1) is 13.8 Å². The average Bonchev–Trinajstić information content (AvgIpc) is 2.51. The molecule has 1 unspecified atom stereocenters. The Morgan fingerprint density at radius 1 is 1.14 bits per heavy atom. The van der Waals surface area contributed by atoms with E-state index in [1.165, 1.54) is 11.1 Å². The van der Waals surface area contributed by atoms with Crippen LogP contribution in [0.5, 0.6) is 5.75 Å². The van der Waals surface area contributed by atoms with E-state index in [2.05, 4.69) is 48.2 Å². The predicted octanol–water partition coefficient (Wildman–Crippen LogP) is 3.19. The van der Waals surface area contributed by atoms with E-state index >= 15 is 0 Å². The maximum atomic E-state index is 5.40. The molecule has 1 aromatic heterocycles. The van der Waals surface area contributed by atoms with Crippen molar-refractivity contribution in [3.8, 4) is 5.75 Å². The Hall–Kier alpha value is -1.94. The van der Waals surface area contributed by atoms with Crippen LogP contribution in [-0.4, -0.2) is 23.6 Å². The first-order valence-electron chi connectivity index (χ1n) is 7.30. The van der Waals surface area contributed by atoms with Gasteiger partial charge in [0.05, 0.1) is 13.2 Å². The number of nitrogens with one attached hydrogen (secondary N) is 1. The summed E-state index contributed by atoms with van der Waals surface area (Å²) in [4.78, 5) is 8.30. The monoisotopic (exact) mass is 285 g/mol. The van der Waals surface area contributed by atoms with E-state index in [4.69, 9.17) is 4.74 Å². The number of hydrogen-bond donors (Lipinski definition) is 1. The molecule has 0 aliphatic rings. The first-order chi connectivity index (χ1) is 10.2. The maximum absolute atomic E-state index is 5.40. The SMILES string of the molecule is CCCNC(c1cncnc1)c1cc(C)c(OC)cc1C. The summed E-state index contributed by atoms with van der Waals surface area (Å²) < 4.78 is 5.40. The number of ether oxygens (including phenoxy) is 1. The molecule has 1 aromatic carbocycles. The fourth-order valence-electron chi connectivity index (χ4n) is 2.50. The van der Waals surface area contributed by atoms with E-state index in [9.17, 15) is 0 Å². The number of methoxy groups -OCH3 is 1. The molecule has 0 bridgehead atoms. The number of aryl methyl sites for hydroxylation is 2. The Morgan fingerprint density at radius 3 is 2.48 bits per heavy atom. The van der Waals surface area contributed by atoms with Crippen molar-refractivity contribution in [2.75, 3.05) is 13.7 Å². The zero-order valence-electron chi connectivity index (χ0n) is 13.2. The molecule has 1 N–H and O–H groups in total. The molecular weight excluding hydrogens is 262 g/mol. The second kappa shape index (κ2) is 7.18. The van der Waals surface area contributed by atoms with E-state index in [1.807, 2.05) is 12.4 Å². The van der Waals surface area contributed by atoms with Crippen molar-refractivity contribution in [2.45, 2.75) is 33.2 Å². The minimum absolute atomic E-state index is 0.107. The molecule has 4 heteroatoms. The molecule has 112 valence electrons. The molecule has 0 fully saturated rings. The summed E-state index contributed by atoms with van der Waals surface area (Å²) in [6.45, 7) is 7.30. The van der Waals surface area contributed by atoms with Crippen LogP contribution in [0.3, 0.4) is 0 Å². The summed E-state index contributed by atoms with van der Waals surface area (Å²) in [7, 11) is 1.71. The normalized spacial score (nSPS) is 12.2. The van der Waals surface area contributed by atoms with Gasteiger partial charge in [0, 0.05) is 18.0 Å². The van der Waals surface area contributed by atoms with Gasteiger partial charge in [-0.15, -0.1) is 0 Å². The summed E-state index contributed by atoms with van der Waals surface area (Å²) in [5, 5.41) is 3.59. The predicted molar refractivity (Wildman–Crippen MR) is 84.6 cm³/mol. The number of benzene rings is 1. The lowest BCUT2D eigenvalue weighted by molar-refractivity contribution is 0.411.